The van der Waals surface area contributed by atoms with Crippen LogP contribution in [0.5, 0.6) is 11.5 Å². The fraction of sp³-hybridized carbons (Fsp3) is 0.755. The van der Waals surface area contributed by atoms with Crippen LogP contribution in [0.4, 0.5) is 11.4 Å². The van der Waals surface area contributed by atoms with Crippen LogP contribution in [-0.4, -0.2) is 26.7 Å². The van der Waals surface area contributed by atoms with Gasteiger partial charge in [-0.3, -0.25) is 0 Å². The molecule has 0 N–H and O–H groups in total. The second-order valence-corrected chi connectivity index (χ2v) is 16.0. The average Bonchev–Trinajstić information content (AvgIpc) is 3.16. The molecule has 3 nitrogen and oxygen atoms in total. The molecule has 0 saturated carbocycles. The Morgan fingerprint density at radius 2 is 0.596 bits per heavy atom. The number of unbranched alkanes of at least 4 members (excludes halogenated alkanes) is 27. The van der Waals surface area contributed by atoms with Crippen LogP contribution in [0.1, 0.15) is 213 Å². The van der Waals surface area contributed by atoms with E-state index in [0.29, 0.717) is 0 Å². The highest BCUT2D eigenvalue weighted by Crippen LogP contribution is 2.27. The maximum Gasteiger partial charge on any atom is 0.127 e. The smallest absolute Gasteiger partial charge is 0.127 e. The van der Waals surface area contributed by atoms with Crippen molar-refractivity contribution in [3.05, 3.63) is 48.5 Å². The van der Waals surface area contributed by atoms with Gasteiger partial charge in [-0.05, 0) is 67.8 Å². The maximum atomic E-state index is 6.31. The predicted molar refractivity (Wildman–Crippen MR) is 234 cm³/mol. The van der Waals surface area contributed by atoms with Gasteiger partial charge in [0.05, 0.1) is 0 Å². The summed E-state index contributed by atoms with van der Waals surface area (Å²) in [4.78, 5) is 5.04. The first-order valence-corrected chi connectivity index (χ1v) is 23.0. The molecule has 0 saturated heterocycles. The van der Waals surface area contributed by atoms with Crippen molar-refractivity contribution in [2.45, 2.75) is 213 Å². The van der Waals surface area contributed by atoms with E-state index in [1.807, 2.05) is 0 Å². The molecule has 0 fully saturated rings. The molecule has 0 atom stereocenters. The van der Waals surface area contributed by atoms with E-state index >= 15 is 0 Å². The van der Waals surface area contributed by atoms with Gasteiger partial charge >= 0.3 is 0 Å². The van der Waals surface area contributed by atoms with Crippen LogP contribution in [0.3, 0.4) is 0 Å². The maximum absolute atomic E-state index is 6.31. The van der Waals surface area contributed by atoms with Gasteiger partial charge in [0, 0.05) is 38.1 Å². The molecule has 0 spiro atoms. The Morgan fingerprint density at radius 3 is 0.923 bits per heavy atom. The summed E-state index contributed by atoms with van der Waals surface area (Å²) in [6.07, 6.45) is 41.7. The summed E-state index contributed by atoms with van der Waals surface area (Å²) in [5, 5.41) is 0. The molecule has 0 heterocycles. The van der Waals surface area contributed by atoms with E-state index in [4.69, 9.17) is 4.74 Å². The molecule has 2 rings (SSSR count). The summed E-state index contributed by atoms with van der Waals surface area (Å²) < 4.78 is 6.31. The highest BCUT2D eigenvalue weighted by atomic mass is 16.5. The standard InChI is InChI=1S/C49H86N2O/c1-5-8-11-14-17-20-23-26-29-32-43-50(4)46-35-39-48(40-36-46)52-49-41-37-47(38-42-49)51(44-33-30-27-24-21-18-15-12-9-6-2)45-34-31-28-25-22-19-16-13-10-7-3/h35-42H,5-34,43-45H2,1-4H3. The molecule has 0 aromatic heterocycles. The Bertz CT molecular complexity index is 995. The Labute approximate surface area is 325 Å². The van der Waals surface area contributed by atoms with Gasteiger partial charge in [0.2, 0.25) is 0 Å². The molecule has 52 heavy (non-hydrogen) atoms. The minimum Gasteiger partial charge on any atom is -0.457 e. The van der Waals surface area contributed by atoms with Crippen LogP contribution in [0.25, 0.3) is 0 Å². The molecular weight excluding hydrogens is 633 g/mol. The zero-order chi connectivity index (χ0) is 37.2. The van der Waals surface area contributed by atoms with Gasteiger partial charge in [-0.15, -0.1) is 0 Å². The predicted octanol–water partition coefficient (Wildman–Crippen LogP) is 16.5. The number of rotatable bonds is 37. The lowest BCUT2D eigenvalue weighted by Crippen LogP contribution is -2.25. The highest BCUT2D eigenvalue weighted by Gasteiger charge is 2.09. The number of hydrogen-bond acceptors (Lipinski definition) is 3. The first kappa shape index (κ1) is 46.0. The third-order valence-corrected chi connectivity index (χ3v) is 11.1. The second kappa shape index (κ2) is 33.4. The number of benzene rings is 2. The monoisotopic (exact) mass is 719 g/mol. The summed E-state index contributed by atoms with van der Waals surface area (Å²) in [5.41, 5.74) is 2.62. The molecule has 0 unspecified atom stereocenters. The van der Waals surface area contributed by atoms with E-state index in [0.717, 1.165) is 18.0 Å². The van der Waals surface area contributed by atoms with Crippen molar-refractivity contribution >= 4 is 11.4 Å². The highest BCUT2D eigenvalue weighted by molar-refractivity contribution is 5.51. The summed E-state index contributed by atoms with van der Waals surface area (Å²) in [7, 11) is 2.22. The molecule has 0 aliphatic heterocycles. The summed E-state index contributed by atoms with van der Waals surface area (Å²) in [5.74, 6) is 1.84. The second-order valence-electron chi connectivity index (χ2n) is 16.0. The third-order valence-electron chi connectivity index (χ3n) is 11.1. The molecule has 298 valence electrons. The van der Waals surface area contributed by atoms with Crippen molar-refractivity contribution in [2.75, 3.05) is 36.5 Å². The van der Waals surface area contributed by atoms with Gasteiger partial charge in [0.1, 0.15) is 11.5 Å². The van der Waals surface area contributed by atoms with Gasteiger partial charge in [-0.2, -0.15) is 0 Å². The van der Waals surface area contributed by atoms with Crippen molar-refractivity contribution in [3.63, 3.8) is 0 Å². The Kier molecular flexibility index (Phi) is 29.6. The number of hydrogen-bond donors (Lipinski definition) is 0. The molecule has 2 aromatic carbocycles. The van der Waals surface area contributed by atoms with Crippen molar-refractivity contribution in [1.29, 1.82) is 0 Å². The van der Waals surface area contributed by atoms with E-state index in [1.165, 1.54) is 217 Å². The van der Waals surface area contributed by atoms with Gasteiger partial charge in [-0.25, -0.2) is 0 Å². The van der Waals surface area contributed by atoms with E-state index in [9.17, 15) is 0 Å². The van der Waals surface area contributed by atoms with Gasteiger partial charge in [0.15, 0.2) is 0 Å². The normalized spacial score (nSPS) is 11.3. The zero-order valence-electron chi connectivity index (χ0n) is 35.3. The van der Waals surface area contributed by atoms with Crippen molar-refractivity contribution < 1.29 is 4.74 Å². The van der Waals surface area contributed by atoms with E-state index in [-0.39, 0.29) is 0 Å². The Hall–Kier alpha value is -2.16. The molecule has 0 bridgehead atoms. The SMILES string of the molecule is CCCCCCCCCCCCN(C)c1ccc(Oc2ccc(N(CCCCCCCCCCCC)CCCCCCCCCCCC)cc2)cc1. The lowest BCUT2D eigenvalue weighted by molar-refractivity contribution is 0.482. The van der Waals surface area contributed by atoms with Crippen LogP contribution in [0, 0.1) is 0 Å². The first-order chi connectivity index (χ1) is 25.7. The van der Waals surface area contributed by atoms with E-state index in [2.05, 4.69) is 86.1 Å². The average molecular weight is 719 g/mol. The molecule has 0 aliphatic carbocycles. The third kappa shape index (κ3) is 24.2. The molecular formula is C49H86N2O. The quantitative estimate of drug-likeness (QED) is 0.0647. The van der Waals surface area contributed by atoms with Gasteiger partial charge in [0.25, 0.3) is 0 Å². The summed E-state index contributed by atoms with van der Waals surface area (Å²) in [6, 6.07) is 17.6. The number of nitrogens with zero attached hydrogens (tertiary/aromatic N) is 2. The van der Waals surface area contributed by atoms with Crippen molar-refractivity contribution in [1.82, 2.24) is 0 Å². The van der Waals surface area contributed by atoms with E-state index < -0.39 is 0 Å². The van der Waals surface area contributed by atoms with Crippen LogP contribution in [0.15, 0.2) is 48.5 Å². The summed E-state index contributed by atoms with van der Waals surface area (Å²) in [6.45, 7) is 10.4. The molecule has 0 radical (unpaired) electrons. The Morgan fingerprint density at radius 1 is 0.327 bits per heavy atom. The zero-order valence-corrected chi connectivity index (χ0v) is 35.3. The van der Waals surface area contributed by atoms with Crippen molar-refractivity contribution in [3.8, 4) is 11.5 Å². The van der Waals surface area contributed by atoms with Crippen molar-refractivity contribution in [2.24, 2.45) is 0 Å². The minimum absolute atomic E-state index is 0.913. The number of ether oxygens (including phenoxy) is 1. The molecule has 3 heteroatoms. The topological polar surface area (TPSA) is 15.7 Å². The fourth-order valence-corrected chi connectivity index (χ4v) is 7.55. The Balaban J connectivity index is 1.75. The van der Waals surface area contributed by atoms with E-state index in [1.54, 1.807) is 0 Å². The van der Waals surface area contributed by atoms with Crippen LogP contribution < -0.4 is 14.5 Å². The fourth-order valence-electron chi connectivity index (χ4n) is 7.55. The van der Waals surface area contributed by atoms with Gasteiger partial charge < -0.3 is 14.5 Å². The molecule has 0 aliphatic rings. The lowest BCUT2D eigenvalue weighted by atomic mass is 10.1. The number of anilines is 2. The van der Waals surface area contributed by atoms with Crippen LogP contribution in [-0.2, 0) is 0 Å². The molecule has 2 aromatic rings. The minimum atomic E-state index is 0.913. The van der Waals surface area contributed by atoms with Crippen LogP contribution in [0.2, 0.25) is 0 Å². The van der Waals surface area contributed by atoms with Crippen LogP contribution >= 0.6 is 0 Å². The first-order valence-electron chi connectivity index (χ1n) is 23.0. The summed E-state index contributed by atoms with van der Waals surface area (Å²) >= 11 is 0. The lowest BCUT2D eigenvalue weighted by Gasteiger charge is -2.25. The largest absolute Gasteiger partial charge is 0.457 e. The molecule has 0 amide bonds. The van der Waals surface area contributed by atoms with Gasteiger partial charge in [-0.1, -0.05) is 194 Å².